The summed E-state index contributed by atoms with van der Waals surface area (Å²) in [6.45, 7) is 6.23. The van der Waals surface area contributed by atoms with Crippen molar-refractivity contribution < 1.29 is 14.4 Å². The Hall–Kier alpha value is -2.54. The third-order valence-corrected chi connectivity index (χ3v) is 5.21. The predicted octanol–water partition coefficient (Wildman–Crippen LogP) is 3.41. The molecule has 0 saturated carbocycles. The van der Waals surface area contributed by atoms with Crippen LogP contribution in [-0.4, -0.2) is 34.2 Å². The van der Waals surface area contributed by atoms with E-state index in [9.17, 15) is 14.4 Å². The van der Waals surface area contributed by atoms with Gasteiger partial charge < -0.3 is 0 Å². The fourth-order valence-electron chi connectivity index (χ4n) is 2.65. The Morgan fingerprint density at radius 2 is 1.92 bits per heavy atom. The van der Waals surface area contributed by atoms with E-state index in [-0.39, 0.29) is 17.7 Å². The Kier molecular flexibility index (Phi) is 4.67. The molecule has 1 aliphatic heterocycles. The Bertz CT molecular complexity index is 853. The number of thiazole rings is 1. The third-order valence-electron chi connectivity index (χ3n) is 4.22. The number of imide groups is 1. The summed E-state index contributed by atoms with van der Waals surface area (Å²) in [4.78, 5) is 43.8. The van der Waals surface area contributed by atoms with Crippen molar-refractivity contribution in [3.05, 3.63) is 45.5 Å². The quantitative estimate of drug-likeness (QED) is 0.832. The second-order valence-corrected chi connectivity index (χ2v) is 7.19. The molecule has 7 heteroatoms. The molecule has 0 aliphatic carbocycles. The number of hydrogen-bond donors (Lipinski definition) is 1. The van der Waals surface area contributed by atoms with E-state index in [1.54, 1.807) is 12.1 Å². The smallest absolute Gasteiger partial charge is 0.261 e. The van der Waals surface area contributed by atoms with E-state index >= 15 is 0 Å². The highest BCUT2D eigenvalue weighted by Crippen LogP contribution is 2.26. The van der Waals surface area contributed by atoms with E-state index in [4.69, 9.17) is 0 Å². The van der Waals surface area contributed by atoms with Crippen LogP contribution < -0.4 is 5.32 Å². The van der Waals surface area contributed by atoms with Crippen LogP contribution in [0.3, 0.4) is 0 Å². The Morgan fingerprint density at radius 1 is 1.20 bits per heavy atom. The third kappa shape index (κ3) is 3.19. The van der Waals surface area contributed by atoms with Crippen molar-refractivity contribution in [2.24, 2.45) is 0 Å². The number of rotatable bonds is 5. The minimum absolute atomic E-state index is 0.286. The molecule has 0 bridgehead atoms. The van der Waals surface area contributed by atoms with Crippen LogP contribution in [0.4, 0.5) is 5.13 Å². The summed E-state index contributed by atoms with van der Waals surface area (Å²) in [7, 11) is 0. The van der Waals surface area contributed by atoms with E-state index in [2.05, 4.69) is 10.3 Å². The van der Waals surface area contributed by atoms with Gasteiger partial charge in [-0.05, 0) is 38.5 Å². The molecule has 6 nitrogen and oxygen atoms in total. The molecule has 0 atom stereocenters. The zero-order valence-corrected chi connectivity index (χ0v) is 15.2. The number of aromatic nitrogens is 1. The SMILES string of the molecule is CCCCN1C(=O)c2ccc(C(=O)Nc3nc(C)c(C)s3)cc2C1=O. The van der Waals surface area contributed by atoms with E-state index in [1.807, 2.05) is 20.8 Å². The van der Waals surface area contributed by atoms with Gasteiger partial charge in [-0.15, -0.1) is 11.3 Å². The number of nitrogens with zero attached hydrogens (tertiary/aromatic N) is 2. The first-order valence-electron chi connectivity index (χ1n) is 8.18. The molecule has 3 amide bonds. The highest BCUT2D eigenvalue weighted by atomic mass is 32.1. The van der Waals surface area contributed by atoms with Crippen LogP contribution in [-0.2, 0) is 0 Å². The molecule has 1 aromatic carbocycles. The average Bonchev–Trinajstić information content (AvgIpc) is 3.02. The van der Waals surface area contributed by atoms with E-state index < -0.39 is 0 Å². The van der Waals surface area contributed by atoms with Crippen molar-refractivity contribution in [3.8, 4) is 0 Å². The Balaban J connectivity index is 1.82. The van der Waals surface area contributed by atoms with Gasteiger partial charge in [0.2, 0.25) is 0 Å². The van der Waals surface area contributed by atoms with Gasteiger partial charge in [0.25, 0.3) is 17.7 Å². The maximum atomic E-state index is 12.5. The van der Waals surface area contributed by atoms with Gasteiger partial charge in [-0.2, -0.15) is 0 Å². The number of carbonyl (C=O) groups excluding carboxylic acids is 3. The zero-order chi connectivity index (χ0) is 18.1. The maximum Gasteiger partial charge on any atom is 0.261 e. The summed E-state index contributed by atoms with van der Waals surface area (Å²) in [5.74, 6) is -0.959. The Morgan fingerprint density at radius 3 is 2.56 bits per heavy atom. The van der Waals surface area contributed by atoms with Crippen molar-refractivity contribution in [1.82, 2.24) is 9.88 Å². The van der Waals surface area contributed by atoms with Gasteiger partial charge in [0.05, 0.1) is 16.8 Å². The lowest BCUT2D eigenvalue weighted by Crippen LogP contribution is -2.30. The molecule has 2 heterocycles. The van der Waals surface area contributed by atoms with E-state index in [0.29, 0.717) is 28.4 Å². The predicted molar refractivity (Wildman–Crippen MR) is 96.3 cm³/mol. The topological polar surface area (TPSA) is 79.4 Å². The maximum absolute atomic E-state index is 12.5. The first-order valence-corrected chi connectivity index (χ1v) is 8.99. The highest BCUT2D eigenvalue weighted by molar-refractivity contribution is 7.15. The molecule has 1 aromatic heterocycles. The highest BCUT2D eigenvalue weighted by Gasteiger charge is 2.35. The van der Waals surface area contributed by atoms with Crippen molar-refractivity contribution >= 4 is 34.2 Å². The molecule has 25 heavy (non-hydrogen) atoms. The fraction of sp³-hybridized carbons (Fsp3) is 0.333. The second-order valence-electron chi connectivity index (χ2n) is 5.99. The first kappa shape index (κ1) is 17.3. The van der Waals surface area contributed by atoms with Crippen LogP contribution in [0.2, 0.25) is 0 Å². The lowest BCUT2D eigenvalue weighted by molar-refractivity contribution is 0.0652. The largest absolute Gasteiger partial charge is 0.298 e. The van der Waals surface area contributed by atoms with E-state index in [1.165, 1.54) is 22.3 Å². The van der Waals surface area contributed by atoms with Gasteiger partial charge in [0.1, 0.15) is 0 Å². The number of carbonyl (C=O) groups is 3. The number of fused-ring (bicyclic) bond motifs is 1. The number of benzene rings is 1. The molecule has 0 radical (unpaired) electrons. The monoisotopic (exact) mass is 357 g/mol. The minimum atomic E-state index is -0.344. The summed E-state index contributed by atoms with van der Waals surface area (Å²) in [6.07, 6.45) is 1.66. The van der Waals surface area contributed by atoms with Gasteiger partial charge in [0.15, 0.2) is 5.13 Å². The van der Waals surface area contributed by atoms with Crippen LogP contribution in [0.1, 0.15) is 61.4 Å². The lowest BCUT2D eigenvalue weighted by Gasteiger charge is -2.12. The van der Waals surface area contributed by atoms with Crippen molar-refractivity contribution in [1.29, 1.82) is 0 Å². The zero-order valence-electron chi connectivity index (χ0n) is 14.4. The number of unbranched alkanes of at least 4 members (excludes halogenated alkanes) is 1. The van der Waals surface area contributed by atoms with Gasteiger partial charge in [-0.1, -0.05) is 13.3 Å². The summed E-state index contributed by atoms with van der Waals surface area (Å²) >= 11 is 1.40. The molecule has 2 aromatic rings. The van der Waals surface area contributed by atoms with Crippen LogP contribution in [0.15, 0.2) is 18.2 Å². The Labute approximate surface area is 149 Å². The minimum Gasteiger partial charge on any atom is -0.298 e. The average molecular weight is 357 g/mol. The second kappa shape index (κ2) is 6.76. The van der Waals surface area contributed by atoms with Gasteiger partial charge in [0, 0.05) is 17.0 Å². The summed E-state index contributed by atoms with van der Waals surface area (Å²) in [5.41, 5.74) is 1.86. The van der Waals surface area contributed by atoms with Crippen LogP contribution in [0.25, 0.3) is 0 Å². The molecule has 3 rings (SSSR count). The molecular formula is C18H19N3O3S. The molecule has 0 unspecified atom stereocenters. The number of anilines is 1. The number of nitrogens with one attached hydrogen (secondary N) is 1. The van der Waals surface area contributed by atoms with Crippen molar-refractivity contribution in [2.45, 2.75) is 33.6 Å². The van der Waals surface area contributed by atoms with Gasteiger partial charge in [-0.3, -0.25) is 24.6 Å². The summed E-state index contributed by atoms with van der Waals surface area (Å²) in [5, 5.41) is 3.26. The molecule has 0 spiro atoms. The molecular weight excluding hydrogens is 338 g/mol. The molecule has 130 valence electrons. The summed E-state index contributed by atoms with van der Waals surface area (Å²) < 4.78 is 0. The normalized spacial score (nSPS) is 13.3. The molecule has 0 saturated heterocycles. The molecule has 1 N–H and O–H groups in total. The van der Waals surface area contributed by atoms with E-state index in [0.717, 1.165) is 23.4 Å². The number of aryl methyl sites for hydroxylation is 2. The summed E-state index contributed by atoms with van der Waals surface area (Å²) in [6, 6.07) is 4.61. The number of amides is 3. The van der Waals surface area contributed by atoms with Crippen molar-refractivity contribution in [2.75, 3.05) is 11.9 Å². The van der Waals surface area contributed by atoms with Crippen LogP contribution in [0.5, 0.6) is 0 Å². The van der Waals surface area contributed by atoms with Crippen LogP contribution in [0, 0.1) is 13.8 Å². The molecule has 1 aliphatic rings. The number of hydrogen-bond acceptors (Lipinski definition) is 5. The molecule has 0 fully saturated rings. The standard InChI is InChI=1S/C18H19N3O3S/c1-4-5-8-21-16(23)13-7-6-12(9-14(13)17(21)24)15(22)20-18-19-10(2)11(3)25-18/h6-7,9H,4-5,8H2,1-3H3,(H,19,20,22). The fourth-order valence-corrected chi connectivity index (χ4v) is 3.46. The first-order chi connectivity index (χ1) is 11.9. The lowest BCUT2D eigenvalue weighted by atomic mass is 10.1. The van der Waals surface area contributed by atoms with Crippen molar-refractivity contribution in [3.63, 3.8) is 0 Å². The van der Waals surface area contributed by atoms with Crippen LogP contribution >= 0.6 is 11.3 Å². The van der Waals surface area contributed by atoms with Gasteiger partial charge >= 0.3 is 0 Å². The van der Waals surface area contributed by atoms with Gasteiger partial charge in [-0.25, -0.2) is 4.98 Å².